The molecule has 7 aromatic carbocycles. The highest BCUT2D eigenvalue weighted by Gasteiger charge is 2.58. The molecule has 4 aliphatic heterocycles. The highest BCUT2D eigenvalue weighted by molar-refractivity contribution is 6.92. The predicted octanol–water partition coefficient (Wildman–Crippen LogP) is 11.3. The van der Waals surface area contributed by atoms with E-state index in [-0.39, 0.29) is 20.9 Å². The third-order valence-electron chi connectivity index (χ3n) is 14.3. The Hall–Kier alpha value is -8.16. The van der Waals surface area contributed by atoms with Crippen molar-refractivity contribution < 1.29 is 0 Å². The Balaban J connectivity index is 0.925. The van der Waals surface area contributed by atoms with E-state index in [9.17, 15) is 0 Å². The molecule has 1 aromatic heterocycles. The maximum atomic E-state index is 5.32. The second kappa shape index (κ2) is 13.9. The molecular formula is C56H37B3N6. The monoisotopic (exact) mass is 826 g/mol. The van der Waals surface area contributed by atoms with Crippen molar-refractivity contribution in [3.05, 3.63) is 258 Å². The van der Waals surface area contributed by atoms with Crippen molar-refractivity contribution in [2.45, 2.75) is 5.41 Å². The standard InChI is InChI=1S/C56H37B3N6/c1-2-16-38(17-3-1)40-20-14-21-41(34-40)53-60-54(62-55(61-53)47-26-15-19-39-18-4-5-22-43(39)47)42-30-33-64-58(35-42)63-32-13-12-31-57(63)65-37-48-46-25-8-11-29-51(46)56(52(48)36-59(64)65)49-27-9-6-23-44(49)45-24-7-10-28-50(45)56/h1-37H. The largest absolute Gasteiger partial charge is 0.423 e. The van der Waals surface area contributed by atoms with Gasteiger partial charge in [0, 0.05) is 16.7 Å². The molecule has 1 spiro atoms. The summed E-state index contributed by atoms with van der Waals surface area (Å²) in [6, 6.07) is 61.0. The first-order valence-corrected chi connectivity index (χ1v) is 22.4. The summed E-state index contributed by atoms with van der Waals surface area (Å²) in [6.07, 6.45) is 13.5. The number of nitrogens with zero attached hydrogens (tertiary/aromatic N) is 6. The van der Waals surface area contributed by atoms with Crippen LogP contribution in [-0.2, 0) is 5.41 Å². The zero-order valence-corrected chi connectivity index (χ0v) is 35.3. The van der Waals surface area contributed by atoms with Gasteiger partial charge in [-0.15, -0.1) is 0 Å². The van der Waals surface area contributed by atoms with Crippen molar-refractivity contribution in [3.63, 3.8) is 0 Å². The first kappa shape index (κ1) is 36.3. The Labute approximate surface area is 379 Å². The van der Waals surface area contributed by atoms with Crippen LogP contribution in [0.5, 0.6) is 0 Å². The molecule has 6 nitrogen and oxygen atoms in total. The molecule has 300 valence electrons. The summed E-state index contributed by atoms with van der Waals surface area (Å²) in [5, 5.41) is 2.25. The van der Waals surface area contributed by atoms with Crippen molar-refractivity contribution >= 4 is 42.9 Å². The highest BCUT2D eigenvalue weighted by atomic mass is 15.3. The van der Waals surface area contributed by atoms with E-state index in [0.717, 1.165) is 38.6 Å². The van der Waals surface area contributed by atoms with Gasteiger partial charge in [-0.1, -0.05) is 188 Å². The van der Waals surface area contributed by atoms with Crippen LogP contribution >= 0.6 is 0 Å². The summed E-state index contributed by atoms with van der Waals surface area (Å²) >= 11 is 0. The minimum Gasteiger partial charge on any atom is -0.423 e. The number of hydrogen-bond acceptors (Lipinski definition) is 6. The SMILES string of the molecule is C1=CB2N(C=C1)B1C=C(c3nc(-c4cccc(-c5ccccc5)c4)nc(-c4cccc5ccccc45)n3)C=CN1B1C=C3C(=CN21)c1ccccc1C31c2ccccc2-c2ccccc21. The Bertz CT molecular complexity index is 3470. The van der Waals surface area contributed by atoms with Crippen LogP contribution in [0.15, 0.2) is 230 Å². The molecule has 2 aliphatic carbocycles. The minimum atomic E-state index is -0.422. The maximum absolute atomic E-state index is 5.32. The lowest BCUT2D eigenvalue weighted by Gasteiger charge is -2.54. The van der Waals surface area contributed by atoms with Crippen LogP contribution < -0.4 is 0 Å². The van der Waals surface area contributed by atoms with Gasteiger partial charge in [0.25, 0.3) is 0 Å². The van der Waals surface area contributed by atoms with Gasteiger partial charge in [-0.2, -0.15) is 0 Å². The lowest BCUT2D eigenvalue weighted by Crippen LogP contribution is -2.73. The van der Waals surface area contributed by atoms with Crippen LogP contribution in [0.4, 0.5) is 0 Å². The van der Waals surface area contributed by atoms with Gasteiger partial charge in [0.15, 0.2) is 17.5 Å². The molecular weight excluding hydrogens is 789 g/mol. The second-order valence-electron chi connectivity index (χ2n) is 17.5. The zero-order valence-electron chi connectivity index (χ0n) is 35.3. The first-order valence-electron chi connectivity index (χ1n) is 22.4. The molecule has 0 amide bonds. The first-order chi connectivity index (χ1) is 32.2. The van der Waals surface area contributed by atoms with E-state index in [2.05, 4.69) is 233 Å². The van der Waals surface area contributed by atoms with E-state index >= 15 is 0 Å². The van der Waals surface area contributed by atoms with Crippen molar-refractivity contribution in [2.75, 3.05) is 0 Å². The smallest absolute Gasteiger partial charge is 0.381 e. The number of hydrogen-bond donors (Lipinski definition) is 0. The highest BCUT2D eigenvalue weighted by Crippen LogP contribution is 2.64. The minimum absolute atomic E-state index is 0.0201. The van der Waals surface area contributed by atoms with Crippen molar-refractivity contribution in [2.24, 2.45) is 0 Å². The second-order valence-corrected chi connectivity index (χ2v) is 17.5. The fourth-order valence-corrected chi connectivity index (χ4v) is 11.5. The van der Waals surface area contributed by atoms with E-state index in [1.54, 1.807) is 0 Å². The fourth-order valence-electron chi connectivity index (χ4n) is 11.5. The number of rotatable bonds is 4. The Kier molecular flexibility index (Phi) is 7.78. The van der Waals surface area contributed by atoms with Gasteiger partial charge in [0.1, 0.15) is 0 Å². The average molecular weight is 826 g/mol. The number of allylic oxidation sites excluding steroid dienone is 6. The van der Waals surface area contributed by atoms with Crippen LogP contribution in [0.3, 0.4) is 0 Å². The van der Waals surface area contributed by atoms with E-state index in [1.807, 2.05) is 6.07 Å². The molecule has 0 bridgehead atoms. The van der Waals surface area contributed by atoms with Gasteiger partial charge in [-0.25, -0.2) is 15.0 Å². The van der Waals surface area contributed by atoms with Gasteiger partial charge < -0.3 is 14.2 Å². The third kappa shape index (κ3) is 5.24. The third-order valence-corrected chi connectivity index (χ3v) is 14.3. The molecule has 5 heterocycles. The molecule has 8 aromatic rings. The van der Waals surface area contributed by atoms with Crippen molar-refractivity contribution in [3.8, 4) is 45.0 Å². The molecule has 0 unspecified atom stereocenters. The fraction of sp³-hybridized carbons (Fsp3) is 0.0179. The van der Waals surface area contributed by atoms with Crippen LogP contribution in [0, 0.1) is 0 Å². The summed E-state index contributed by atoms with van der Waals surface area (Å²) in [5.74, 6) is 9.16. The molecule has 65 heavy (non-hydrogen) atoms. The Morgan fingerprint density at radius 1 is 0.431 bits per heavy atom. The quantitative estimate of drug-likeness (QED) is 0.165. The zero-order chi connectivity index (χ0) is 42.6. The molecule has 0 saturated carbocycles. The van der Waals surface area contributed by atoms with Crippen LogP contribution in [0.2, 0.25) is 0 Å². The van der Waals surface area contributed by atoms with Gasteiger partial charge >= 0.3 is 20.9 Å². The number of benzene rings is 7. The topological polar surface area (TPSA) is 48.4 Å². The summed E-state index contributed by atoms with van der Waals surface area (Å²) < 4.78 is 7.47. The van der Waals surface area contributed by atoms with E-state index in [1.165, 1.54) is 44.5 Å². The van der Waals surface area contributed by atoms with Gasteiger partial charge in [0.05, 0.1) is 5.41 Å². The summed E-state index contributed by atoms with van der Waals surface area (Å²) in [6.45, 7) is -0.217. The summed E-state index contributed by atoms with van der Waals surface area (Å²) in [4.78, 5) is 15.9. The Morgan fingerprint density at radius 2 is 1.03 bits per heavy atom. The number of aromatic nitrogens is 3. The molecule has 1 fully saturated rings. The van der Waals surface area contributed by atoms with Crippen molar-refractivity contribution in [1.29, 1.82) is 0 Å². The van der Waals surface area contributed by atoms with Gasteiger partial charge in [-0.3, -0.25) is 0 Å². The van der Waals surface area contributed by atoms with Gasteiger partial charge in [-0.05, 0) is 103 Å². The summed E-state index contributed by atoms with van der Waals surface area (Å²) in [5.41, 5.74) is 15.3. The normalized spacial score (nSPS) is 16.6. The van der Waals surface area contributed by atoms with Crippen LogP contribution in [-0.4, -0.2) is 50.1 Å². The predicted molar refractivity (Wildman–Crippen MR) is 266 cm³/mol. The van der Waals surface area contributed by atoms with E-state index in [4.69, 9.17) is 15.0 Å². The van der Waals surface area contributed by atoms with Crippen LogP contribution in [0.25, 0.3) is 66.9 Å². The molecule has 9 heteroatoms. The van der Waals surface area contributed by atoms with E-state index in [0.29, 0.717) is 17.5 Å². The van der Waals surface area contributed by atoms with Crippen LogP contribution in [0.1, 0.15) is 28.1 Å². The molecule has 14 rings (SSSR count). The molecule has 0 radical (unpaired) electrons. The molecule has 1 saturated heterocycles. The maximum Gasteiger partial charge on any atom is 0.381 e. The molecule has 0 N–H and O–H groups in total. The molecule has 0 atom stereocenters. The lowest BCUT2D eigenvalue weighted by molar-refractivity contribution is 0.620. The van der Waals surface area contributed by atoms with Gasteiger partial charge in [0.2, 0.25) is 0 Å². The summed E-state index contributed by atoms with van der Waals surface area (Å²) in [7, 11) is 0. The average Bonchev–Trinajstić information content (AvgIpc) is 3.85. The Morgan fingerprint density at radius 3 is 1.86 bits per heavy atom. The van der Waals surface area contributed by atoms with Crippen molar-refractivity contribution in [1.82, 2.24) is 29.1 Å². The lowest BCUT2D eigenvalue weighted by atomic mass is 9.40. The van der Waals surface area contributed by atoms with E-state index < -0.39 is 5.41 Å². The number of fused-ring (bicyclic) bond motifs is 17. The molecule has 6 aliphatic rings.